The van der Waals surface area contributed by atoms with Gasteiger partial charge in [-0.05, 0) is 19.8 Å². The highest BCUT2D eigenvalue weighted by atomic mass is 16.5. The van der Waals surface area contributed by atoms with Gasteiger partial charge in [0.25, 0.3) is 0 Å². The second kappa shape index (κ2) is 3.20. The van der Waals surface area contributed by atoms with E-state index in [1.165, 1.54) is 0 Å². The van der Waals surface area contributed by atoms with Gasteiger partial charge in [0.05, 0.1) is 0 Å². The van der Waals surface area contributed by atoms with E-state index in [0.717, 1.165) is 12.8 Å². The minimum absolute atomic E-state index is 0.0116. The SMILES string of the molecule is Cn1ccnc1C(=O)C1(C)CCCO1. The lowest BCUT2D eigenvalue weighted by Gasteiger charge is -2.20. The number of carbonyl (C=O) groups excluding carboxylic acids is 1. The van der Waals surface area contributed by atoms with Gasteiger partial charge in [-0.3, -0.25) is 4.79 Å². The maximum Gasteiger partial charge on any atom is 0.229 e. The molecule has 1 aromatic rings. The average molecular weight is 194 g/mol. The Bertz CT molecular complexity index is 351. The molecule has 2 rings (SSSR count). The molecule has 0 radical (unpaired) electrons. The molecule has 0 saturated carbocycles. The van der Waals surface area contributed by atoms with E-state index in [4.69, 9.17) is 4.74 Å². The second-order valence-corrected chi connectivity index (χ2v) is 3.87. The summed E-state index contributed by atoms with van der Waals surface area (Å²) in [6.07, 6.45) is 5.14. The van der Waals surface area contributed by atoms with Crippen LogP contribution < -0.4 is 0 Å². The van der Waals surface area contributed by atoms with Crippen LogP contribution in [0.2, 0.25) is 0 Å². The van der Waals surface area contributed by atoms with Gasteiger partial charge >= 0.3 is 0 Å². The van der Waals surface area contributed by atoms with Crippen molar-refractivity contribution >= 4 is 5.78 Å². The Balaban J connectivity index is 2.28. The maximum absolute atomic E-state index is 12.0. The van der Waals surface area contributed by atoms with Crippen molar-refractivity contribution in [1.29, 1.82) is 0 Å². The first-order chi connectivity index (χ1) is 6.63. The normalized spacial score (nSPS) is 26.7. The predicted molar refractivity (Wildman–Crippen MR) is 51.1 cm³/mol. The van der Waals surface area contributed by atoms with E-state index >= 15 is 0 Å². The number of imidazole rings is 1. The monoisotopic (exact) mass is 194 g/mol. The molecule has 4 nitrogen and oxygen atoms in total. The van der Waals surface area contributed by atoms with E-state index in [-0.39, 0.29) is 5.78 Å². The predicted octanol–water partition coefficient (Wildman–Crippen LogP) is 1.17. The Hall–Kier alpha value is -1.16. The third-order valence-electron chi connectivity index (χ3n) is 2.72. The topological polar surface area (TPSA) is 44.1 Å². The van der Waals surface area contributed by atoms with Gasteiger partial charge in [0.1, 0.15) is 5.60 Å². The Morgan fingerprint density at radius 2 is 2.50 bits per heavy atom. The number of ketones is 1. The Labute approximate surface area is 82.9 Å². The van der Waals surface area contributed by atoms with Crippen molar-refractivity contribution in [2.45, 2.75) is 25.4 Å². The number of hydrogen-bond donors (Lipinski definition) is 0. The summed E-state index contributed by atoms with van der Waals surface area (Å²) >= 11 is 0. The molecule has 1 aliphatic rings. The fourth-order valence-corrected chi connectivity index (χ4v) is 1.78. The summed E-state index contributed by atoms with van der Waals surface area (Å²) in [5, 5.41) is 0. The number of rotatable bonds is 2. The van der Waals surface area contributed by atoms with Gasteiger partial charge in [-0.15, -0.1) is 0 Å². The first kappa shape index (κ1) is 9.40. The Morgan fingerprint density at radius 3 is 3.00 bits per heavy atom. The van der Waals surface area contributed by atoms with E-state index in [9.17, 15) is 4.79 Å². The molecular weight excluding hydrogens is 180 g/mol. The van der Waals surface area contributed by atoms with Crippen molar-refractivity contribution in [1.82, 2.24) is 9.55 Å². The molecule has 4 heteroatoms. The van der Waals surface area contributed by atoms with Crippen molar-refractivity contribution in [3.05, 3.63) is 18.2 Å². The lowest BCUT2D eigenvalue weighted by atomic mass is 9.97. The van der Waals surface area contributed by atoms with Crippen LogP contribution in [-0.2, 0) is 11.8 Å². The molecule has 0 amide bonds. The summed E-state index contributed by atoms with van der Waals surface area (Å²) < 4.78 is 7.21. The van der Waals surface area contributed by atoms with Crippen molar-refractivity contribution in [2.75, 3.05) is 6.61 Å². The van der Waals surface area contributed by atoms with Crippen LogP contribution in [0.3, 0.4) is 0 Å². The van der Waals surface area contributed by atoms with E-state index in [1.54, 1.807) is 17.0 Å². The van der Waals surface area contributed by atoms with E-state index in [0.29, 0.717) is 12.4 Å². The molecule has 0 spiro atoms. The van der Waals surface area contributed by atoms with Gasteiger partial charge < -0.3 is 9.30 Å². The third kappa shape index (κ3) is 1.35. The van der Waals surface area contributed by atoms with Crippen LogP contribution in [0, 0.1) is 0 Å². The zero-order valence-electron chi connectivity index (χ0n) is 8.49. The number of Topliss-reactive ketones (excluding diaryl/α,β-unsaturated/α-hetero) is 1. The minimum Gasteiger partial charge on any atom is -0.367 e. The Morgan fingerprint density at radius 1 is 1.71 bits per heavy atom. The number of carbonyl (C=O) groups is 1. The van der Waals surface area contributed by atoms with Crippen LogP contribution in [0.25, 0.3) is 0 Å². The number of aryl methyl sites for hydroxylation is 1. The molecule has 1 aromatic heterocycles. The van der Waals surface area contributed by atoms with Crippen molar-refractivity contribution in [3.8, 4) is 0 Å². The van der Waals surface area contributed by atoms with Crippen LogP contribution in [0.5, 0.6) is 0 Å². The zero-order valence-corrected chi connectivity index (χ0v) is 8.49. The van der Waals surface area contributed by atoms with Gasteiger partial charge in [-0.2, -0.15) is 0 Å². The smallest absolute Gasteiger partial charge is 0.229 e. The molecule has 1 saturated heterocycles. The molecule has 1 aliphatic heterocycles. The highest BCUT2D eigenvalue weighted by Crippen LogP contribution is 2.28. The fraction of sp³-hybridized carbons (Fsp3) is 0.600. The molecule has 14 heavy (non-hydrogen) atoms. The lowest BCUT2D eigenvalue weighted by Crippen LogP contribution is -2.36. The standard InChI is InChI=1S/C10H14N2O2/c1-10(4-3-7-14-10)8(13)9-11-5-6-12(9)2/h5-6H,3-4,7H2,1-2H3. The largest absolute Gasteiger partial charge is 0.367 e. The molecule has 0 bridgehead atoms. The summed E-state index contributed by atoms with van der Waals surface area (Å²) in [6, 6.07) is 0. The zero-order chi connectivity index (χ0) is 10.2. The van der Waals surface area contributed by atoms with Crippen LogP contribution >= 0.6 is 0 Å². The summed E-state index contributed by atoms with van der Waals surface area (Å²) in [6.45, 7) is 2.52. The molecule has 2 heterocycles. The highest BCUT2D eigenvalue weighted by molar-refractivity contribution is 5.99. The quantitative estimate of drug-likeness (QED) is 0.664. The van der Waals surface area contributed by atoms with Crippen LogP contribution in [0.4, 0.5) is 0 Å². The first-order valence-electron chi connectivity index (χ1n) is 4.79. The summed E-state index contributed by atoms with van der Waals surface area (Å²) in [4.78, 5) is 16.1. The molecule has 76 valence electrons. The maximum atomic E-state index is 12.0. The molecule has 1 atom stereocenters. The molecule has 0 N–H and O–H groups in total. The van der Waals surface area contributed by atoms with Gasteiger partial charge in [0, 0.05) is 26.0 Å². The fourth-order valence-electron chi connectivity index (χ4n) is 1.78. The molecule has 0 aromatic carbocycles. The van der Waals surface area contributed by atoms with Gasteiger partial charge in [-0.1, -0.05) is 0 Å². The first-order valence-corrected chi connectivity index (χ1v) is 4.79. The second-order valence-electron chi connectivity index (χ2n) is 3.87. The summed E-state index contributed by atoms with van der Waals surface area (Å²) in [7, 11) is 1.82. The number of aromatic nitrogens is 2. The van der Waals surface area contributed by atoms with Gasteiger partial charge in [0.15, 0.2) is 5.82 Å². The minimum atomic E-state index is -0.654. The van der Waals surface area contributed by atoms with Crippen molar-refractivity contribution < 1.29 is 9.53 Å². The summed E-state index contributed by atoms with van der Waals surface area (Å²) in [5.41, 5.74) is -0.654. The van der Waals surface area contributed by atoms with E-state index < -0.39 is 5.60 Å². The third-order valence-corrected chi connectivity index (χ3v) is 2.72. The number of nitrogens with zero attached hydrogens (tertiary/aromatic N) is 2. The van der Waals surface area contributed by atoms with Crippen LogP contribution in [0.15, 0.2) is 12.4 Å². The van der Waals surface area contributed by atoms with E-state index in [1.807, 2.05) is 14.0 Å². The average Bonchev–Trinajstić information content (AvgIpc) is 2.74. The van der Waals surface area contributed by atoms with Crippen molar-refractivity contribution in [2.24, 2.45) is 7.05 Å². The highest BCUT2D eigenvalue weighted by Gasteiger charge is 2.39. The molecule has 1 unspecified atom stereocenters. The Kier molecular flexibility index (Phi) is 2.15. The van der Waals surface area contributed by atoms with Gasteiger partial charge in [-0.25, -0.2) is 4.98 Å². The molecule has 0 aliphatic carbocycles. The molecular formula is C10H14N2O2. The van der Waals surface area contributed by atoms with Crippen LogP contribution in [0.1, 0.15) is 30.4 Å². The van der Waals surface area contributed by atoms with E-state index in [2.05, 4.69) is 4.98 Å². The number of ether oxygens (including phenoxy) is 1. The lowest BCUT2D eigenvalue weighted by molar-refractivity contribution is 0.0201. The number of hydrogen-bond acceptors (Lipinski definition) is 3. The summed E-state index contributed by atoms with van der Waals surface area (Å²) in [5.74, 6) is 0.469. The van der Waals surface area contributed by atoms with Gasteiger partial charge in [0.2, 0.25) is 5.78 Å². The molecule has 1 fully saturated rings. The van der Waals surface area contributed by atoms with Crippen molar-refractivity contribution in [3.63, 3.8) is 0 Å². The van der Waals surface area contributed by atoms with Crippen LogP contribution in [-0.4, -0.2) is 27.5 Å².